The Hall–Kier alpha value is -3.59. The SMILES string of the molecule is CCCN(C)CCNc1ccc(-n2ccc(OCc3ccccc3)cc2=O)cc1C(=N)C(F)(F)F. The van der Waals surface area contributed by atoms with Crippen LogP contribution in [-0.2, 0) is 6.61 Å². The largest absolute Gasteiger partial charge is 0.489 e. The first kappa shape index (κ1) is 26.0. The van der Waals surface area contributed by atoms with Gasteiger partial charge in [0, 0.05) is 42.3 Å². The van der Waals surface area contributed by atoms with Gasteiger partial charge in [-0.2, -0.15) is 13.2 Å². The Morgan fingerprint density at radius 3 is 2.49 bits per heavy atom. The molecule has 0 fully saturated rings. The predicted molar refractivity (Wildman–Crippen MR) is 132 cm³/mol. The van der Waals surface area contributed by atoms with Crippen LogP contribution in [0.3, 0.4) is 0 Å². The normalized spacial score (nSPS) is 11.5. The summed E-state index contributed by atoms with van der Waals surface area (Å²) in [5.41, 5.74) is -0.888. The van der Waals surface area contributed by atoms with Crippen molar-refractivity contribution in [1.82, 2.24) is 9.47 Å². The van der Waals surface area contributed by atoms with Gasteiger partial charge in [-0.3, -0.25) is 14.8 Å². The van der Waals surface area contributed by atoms with Crippen LogP contribution in [0, 0.1) is 5.41 Å². The molecule has 1 heterocycles. The Morgan fingerprint density at radius 2 is 1.83 bits per heavy atom. The van der Waals surface area contributed by atoms with E-state index < -0.39 is 17.4 Å². The molecule has 0 aliphatic heterocycles. The zero-order valence-corrected chi connectivity index (χ0v) is 19.7. The number of ether oxygens (including phenoxy) is 1. The Kier molecular flexibility index (Phi) is 8.70. The molecule has 0 radical (unpaired) electrons. The van der Waals surface area contributed by atoms with E-state index in [-0.39, 0.29) is 23.5 Å². The predicted octanol–water partition coefficient (Wildman–Crippen LogP) is 5.10. The van der Waals surface area contributed by atoms with Crippen molar-refractivity contribution in [2.24, 2.45) is 0 Å². The summed E-state index contributed by atoms with van der Waals surface area (Å²) < 4.78 is 47.1. The van der Waals surface area contributed by atoms with Gasteiger partial charge >= 0.3 is 6.18 Å². The number of hydrogen-bond donors (Lipinski definition) is 2. The number of likely N-dealkylation sites (N-methyl/N-ethyl adjacent to an activating group) is 1. The van der Waals surface area contributed by atoms with Crippen LogP contribution in [0.25, 0.3) is 5.69 Å². The molecule has 9 heteroatoms. The van der Waals surface area contributed by atoms with Crippen molar-refractivity contribution in [3.05, 3.63) is 88.3 Å². The Bertz CT molecular complexity index is 1190. The summed E-state index contributed by atoms with van der Waals surface area (Å²) >= 11 is 0. The fourth-order valence-corrected chi connectivity index (χ4v) is 3.58. The summed E-state index contributed by atoms with van der Waals surface area (Å²) in [6.45, 7) is 4.26. The van der Waals surface area contributed by atoms with Gasteiger partial charge < -0.3 is 15.0 Å². The van der Waals surface area contributed by atoms with E-state index in [0.717, 1.165) is 18.5 Å². The van der Waals surface area contributed by atoms with Crippen LogP contribution in [0.15, 0.2) is 71.7 Å². The lowest BCUT2D eigenvalue weighted by Crippen LogP contribution is -2.28. The average Bonchev–Trinajstić information content (AvgIpc) is 2.83. The van der Waals surface area contributed by atoms with Crippen LogP contribution in [0.1, 0.15) is 24.5 Å². The highest BCUT2D eigenvalue weighted by Gasteiger charge is 2.36. The van der Waals surface area contributed by atoms with Crippen LogP contribution in [-0.4, -0.2) is 48.0 Å². The third-order valence-electron chi connectivity index (χ3n) is 5.39. The first-order valence-corrected chi connectivity index (χ1v) is 11.3. The third kappa shape index (κ3) is 7.19. The average molecular weight is 487 g/mol. The van der Waals surface area contributed by atoms with Gasteiger partial charge in [0.15, 0.2) is 0 Å². The molecule has 0 aliphatic rings. The molecule has 0 spiro atoms. The van der Waals surface area contributed by atoms with Crippen LogP contribution in [0.5, 0.6) is 5.75 Å². The Balaban J connectivity index is 1.83. The molecule has 0 aliphatic carbocycles. The van der Waals surface area contributed by atoms with E-state index in [9.17, 15) is 18.0 Å². The number of nitrogens with one attached hydrogen (secondary N) is 2. The van der Waals surface area contributed by atoms with Crippen molar-refractivity contribution >= 4 is 11.4 Å². The summed E-state index contributed by atoms with van der Waals surface area (Å²) in [4.78, 5) is 14.8. The van der Waals surface area contributed by atoms with Gasteiger partial charge in [0.05, 0.1) is 0 Å². The van der Waals surface area contributed by atoms with E-state index in [0.29, 0.717) is 18.8 Å². The molecule has 0 bridgehead atoms. The van der Waals surface area contributed by atoms with Crippen molar-refractivity contribution in [2.75, 3.05) is 32.0 Å². The van der Waals surface area contributed by atoms with Gasteiger partial charge in [0.25, 0.3) is 5.56 Å². The quantitative estimate of drug-likeness (QED) is 0.370. The standard InChI is InChI=1S/C26H29F3N4O2/c1-3-13-32(2)15-12-31-23-10-9-20(16-22(23)25(30)26(27,28)29)33-14-11-21(17-24(33)34)35-18-19-7-5-4-6-8-19/h4-11,14,16-17,30-31H,3,12-13,15,18H2,1-2H3. The van der Waals surface area contributed by atoms with Crippen molar-refractivity contribution < 1.29 is 17.9 Å². The van der Waals surface area contributed by atoms with Gasteiger partial charge in [-0.1, -0.05) is 37.3 Å². The number of pyridine rings is 1. The van der Waals surface area contributed by atoms with Crippen molar-refractivity contribution in [2.45, 2.75) is 26.1 Å². The number of halogens is 3. The molecule has 1 aromatic heterocycles. The van der Waals surface area contributed by atoms with E-state index in [4.69, 9.17) is 10.1 Å². The monoisotopic (exact) mass is 486 g/mol. The molecular weight excluding hydrogens is 457 g/mol. The molecule has 0 saturated carbocycles. The van der Waals surface area contributed by atoms with Gasteiger partial charge in [0.1, 0.15) is 18.1 Å². The number of benzene rings is 2. The number of alkyl halides is 3. The van der Waals surface area contributed by atoms with Gasteiger partial charge in [-0.25, -0.2) is 0 Å². The van der Waals surface area contributed by atoms with Crippen molar-refractivity contribution in [3.63, 3.8) is 0 Å². The fraction of sp³-hybridized carbons (Fsp3) is 0.308. The van der Waals surface area contributed by atoms with Gasteiger partial charge in [0.2, 0.25) is 0 Å². The molecule has 186 valence electrons. The lowest BCUT2D eigenvalue weighted by molar-refractivity contribution is -0.0587. The molecular formula is C26H29F3N4O2. The maximum absolute atomic E-state index is 13.4. The summed E-state index contributed by atoms with van der Waals surface area (Å²) in [6.07, 6.45) is -2.40. The summed E-state index contributed by atoms with van der Waals surface area (Å²) in [5, 5.41) is 10.7. The topological polar surface area (TPSA) is 70.3 Å². The molecule has 2 N–H and O–H groups in total. The molecule has 0 atom stereocenters. The second-order valence-electron chi connectivity index (χ2n) is 8.18. The summed E-state index contributed by atoms with van der Waals surface area (Å²) in [5.74, 6) is 0.354. The fourth-order valence-electron chi connectivity index (χ4n) is 3.58. The van der Waals surface area contributed by atoms with E-state index >= 15 is 0 Å². The van der Waals surface area contributed by atoms with Crippen molar-refractivity contribution in [1.29, 1.82) is 5.41 Å². The van der Waals surface area contributed by atoms with Crippen LogP contribution < -0.4 is 15.6 Å². The number of anilines is 1. The van der Waals surface area contributed by atoms with E-state index in [1.54, 1.807) is 12.1 Å². The highest BCUT2D eigenvalue weighted by Crippen LogP contribution is 2.28. The number of rotatable bonds is 11. The van der Waals surface area contributed by atoms with Crippen LogP contribution in [0.4, 0.5) is 18.9 Å². The molecule has 6 nitrogen and oxygen atoms in total. The zero-order chi connectivity index (χ0) is 25.4. The van der Waals surface area contributed by atoms with Crippen molar-refractivity contribution in [3.8, 4) is 11.4 Å². The minimum atomic E-state index is -4.83. The van der Waals surface area contributed by atoms with Crippen LogP contribution in [0.2, 0.25) is 0 Å². The first-order chi connectivity index (χ1) is 16.7. The minimum absolute atomic E-state index is 0.192. The smallest absolute Gasteiger partial charge is 0.433 e. The van der Waals surface area contributed by atoms with Gasteiger partial charge in [-0.05, 0) is 49.8 Å². The molecule has 2 aromatic carbocycles. The van der Waals surface area contributed by atoms with E-state index in [1.807, 2.05) is 37.4 Å². The molecule has 0 amide bonds. The molecule has 3 rings (SSSR count). The van der Waals surface area contributed by atoms with Gasteiger partial charge in [-0.15, -0.1) is 0 Å². The lowest BCUT2D eigenvalue weighted by atomic mass is 10.1. The Morgan fingerprint density at radius 1 is 1.09 bits per heavy atom. The van der Waals surface area contributed by atoms with E-state index in [1.165, 1.54) is 29.0 Å². The maximum atomic E-state index is 13.4. The summed E-state index contributed by atoms with van der Waals surface area (Å²) in [6, 6.07) is 16.6. The summed E-state index contributed by atoms with van der Waals surface area (Å²) in [7, 11) is 1.94. The third-order valence-corrected chi connectivity index (χ3v) is 5.39. The number of aromatic nitrogens is 1. The first-order valence-electron chi connectivity index (χ1n) is 11.3. The highest BCUT2D eigenvalue weighted by atomic mass is 19.4. The number of nitrogens with zero attached hydrogens (tertiary/aromatic N) is 2. The molecule has 3 aromatic rings. The molecule has 0 saturated heterocycles. The maximum Gasteiger partial charge on any atom is 0.433 e. The zero-order valence-electron chi connectivity index (χ0n) is 19.7. The highest BCUT2D eigenvalue weighted by molar-refractivity contribution is 6.07. The molecule has 35 heavy (non-hydrogen) atoms. The minimum Gasteiger partial charge on any atom is -0.489 e. The number of hydrogen-bond acceptors (Lipinski definition) is 5. The second kappa shape index (κ2) is 11.7. The lowest BCUT2D eigenvalue weighted by Gasteiger charge is -2.19. The molecule has 0 unspecified atom stereocenters. The van der Waals surface area contributed by atoms with E-state index in [2.05, 4.69) is 17.1 Å². The second-order valence-corrected chi connectivity index (χ2v) is 8.18. The van der Waals surface area contributed by atoms with Crippen LogP contribution >= 0.6 is 0 Å². The Labute approximate surface area is 202 Å².